The Bertz CT molecular complexity index is 313. The third-order valence-corrected chi connectivity index (χ3v) is 3.70. The predicted octanol–water partition coefficient (Wildman–Crippen LogP) is 2.36. The number of likely N-dealkylation sites (tertiary alicyclic amines) is 1. The molecule has 2 N–H and O–H groups in total. The zero-order valence-electron chi connectivity index (χ0n) is 10.1. The Kier molecular flexibility index (Phi) is 4.02. The molecule has 3 heteroatoms. The van der Waals surface area contributed by atoms with E-state index in [1.807, 2.05) is 6.07 Å². The van der Waals surface area contributed by atoms with Gasteiger partial charge in [-0.3, -0.25) is 4.90 Å². The summed E-state index contributed by atoms with van der Waals surface area (Å²) < 4.78 is 5.35. The average Bonchev–Trinajstić information content (AvgIpc) is 2.77. The summed E-state index contributed by atoms with van der Waals surface area (Å²) >= 11 is 0. The van der Waals surface area contributed by atoms with Gasteiger partial charge in [0.2, 0.25) is 0 Å². The summed E-state index contributed by atoms with van der Waals surface area (Å²) in [6.07, 6.45) is 5.75. The Labute approximate surface area is 97.6 Å². The molecule has 0 radical (unpaired) electrons. The van der Waals surface area contributed by atoms with Crippen LogP contribution in [0.5, 0.6) is 0 Å². The van der Waals surface area contributed by atoms with Crippen molar-refractivity contribution >= 4 is 0 Å². The van der Waals surface area contributed by atoms with E-state index in [-0.39, 0.29) is 0 Å². The van der Waals surface area contributed by atoms with Crippen molar-refractivity contribution in [1.29, 1.82) is 0 Å². The van der Waals surface area contributed by atoms with Gasteiger partial charge in [0.1, 0.15) is 5.76 Å². The maximum atomic E-state index is 5.63. The van der Waals surface area contributed by atoms with Gasteiger partial charge in [-0.1, -0.05) is 13.3 Å². The quantitative estimate of drug-likeness (QED) is 0.850. The lowest BCUT2D eigenvalue weighted by Gasteiger charge is -2.31. The van der Waals surface area contributed by atoms with Gasteiger partial charge < -0.3 is 10.2 Å². The summed E-state index contributed by atoms with van der Waals surface area (Å²) in [5.41, 5.74) is 6.89. The van der Waals surface area contributed by atoms with Gasteiger partial charge in [-0.25, -0.2) is 0 Å². The molecule has 0 aromatic carbocycles. The van der Waals surface area contributed by atoms with E-state index in [1.54, 1.807) is 6.26 Å². The number of hydrogen-bond donors (Lipinski definition) is 1. The second-order valence-corrected chi connectivity index (χ2v) is 4.70. The van der Waals surface area contributed by atoms with Crippen LogP contribution < -0.4 is 5.73 Å². The molecule has 0 unspecified atom stereocenters. The van der Waals surface area contributed by atoms with Crippen LogP contribution in [0.2, 0.25) is 0 Å². The van der Waals surface area contributed by atoms with Crippen LogP contribution in [-0.2, 0) is 13.1 Å². The highest BCUT2D eigenvalue weighted by Gasteiger charge is 2.18. The van der Waals surface area contributed by atoms with Crippen molar-refractivity contribution < 1.29 is 4.42 Å². The van der Waals surface area contributed by atoms with E-state index in [0.29, 0.717) is 6.54 Å². The van der Waals surface area contributed by atoms with Crippen LogP contribution in [0.4, 0.5) is 0 Å². The molecule has 0 amide bonds. The van der Waals surface area contributed by atoms with Gasteiger partial charge in [0.25, 0.3) is 0 Å². The number of nitrogens with two attached hydrogens (primary N) is 1. The third-order valence-electron chi connectivity index (χ3n) is 3.70. The van der Waals surface area contributed by atoms with Gasteiger partial charge in [-0.2, -0.15) is 0 Å². The van der Waals surface area contributed by atoms with E-state index in [4.69, 9.17) is 10.2 Å². The van der Waals surface area contributed by atoms with E-state index < -0.39 is 0 Å². The summed E-state index contributed by atoms with van der Waals surface area (Å²) in [5.74, 6) is 1.88. The van der Waals surface area contributed by atoms with Crippen molar-refractivity contribution in [3.05, 3.63) is 23.7 Å². The summed E-state index contributed by atoms with van der Waals surface area (Å²) in [7, 11) is 0. The molecule has 1 saturated heterocycles. The van der Waals surface area contributed by atoms with Crippen molar-refractivity contribution in [3.63, 3.8) is 0 Å². The molecular formula is C13H22N2O. The number of piperidine rings is 1. The molecule has 2 rings (SSSR count). The average molecular weight is 222 g/mol. The van der Waals surface area contributed by atoms with Gasteiger partial charge in [0, 0.05) is 12.1 Å². The fourth-order valence-corrected chi connectivity index (χ4v) is 2.48. The standard InChI is InChI=1S/C13H22N2O/c1-2-11-3-6-15(7-4-11)10-12-5-8-16-13(12)9-14/h5,8,11H,2-4,6-7,9-10,14H2,1H3. The molecule has 1 aliphatic rings. The Balaban J connectivity index is 1.87. The molecule has 0 atom stereocenters. The SMILES string of the molecule is CCC1CCN(Cc2ccoc2CN)CC1. The Morgan fingerprint density at radius 2 is 2.19 bits per heavy atom. The molecule has 2 heterocycles. The summed E-state index contributed by atoms with van der Waals surface area (Å²) in [6.45, 7) is 6.23. The predicted molar refractivity (Wildman–Crippen MR) is 64.9 cm³/mol. The van der Waals surface area contributed by atoms with E-state index in [0.717, 1.165) is 18.2 Å². The Morgan fingerprint density at radius 3 is 2.81 bits per heavy atom. The highest BCUT2D eigenvalue weighted by atomic mass is 16.3. The van der Waals surface area contributed by atoms with Crippen molar-refractivity contribution in [1.82, 2.24) is 4.90 Å². The molecule has 1 aromatic rings. The fraction of sp³-hybridized carbons (Fsp3) is 0.692. The van der Waals surface area contributed by atoms with Gasteiger partial charge in [0.15, 0.2) is 0 Å². The van der Waals surface area contributed by atoms with E-state index >= 15 is 0 Å². The number of nitrogens with zero attached hydrogens (tertiary/aromatic N) is 1. The first-order valence-corrected chi connectivity index (χ1v) is 6.31. The number of rotatable bonds is 4. The molecule has 0 spiro atoms. The topological polar surface area (TPSA) is 42.4 Å². The van der Waals surface area contributed by atoms with Gasteiger partial charge in [-0.15, -0.1) is 0 Å². The molecule has 0 aliphatic carbocycles. The minimum absolute atomic E-state index is 0.508. The highest BCUT2D eigenvalue weighted by Crippen LogP contribution is 2.22. The van der Waals surface area contributed by atoms with Crippen LogP contribution in [0.25, 0.3) is 0 Å². The molecule has 16 heavy (non-hydrogen) atoms. The van der Waals surface area contributed by atoms with Crippen molar-refractivity contribution in [2.45, 2.75) is 39.3 Å². The van der Waals surface area contributed by atoms with Crippen LogP contribution in [0, 0.1) is 5.92 Å². The maximum Gasteiger partial charge on any atom is 0.121 e. The lowest BCUT2D eigenvalue weighted by Crippen LogP contribution is -2.33. The lowest BCUT2D eigenvalue weighted by atomic mass is 9.94. The minimum atomic E-state index is 0.508. The van der Waals surface area contributed by atoms with Crippen LogP contribution in [0.1, 0.15) is 37.5 Å². The monoisotopic (exact) mass is 222 g/mol. The Hall–Kier alpha value is -0.800. The first-order valence-electron chi connectivity index (χ1n) is 6.31. The van der Waals surface area contributed by atoms with Gasteiger partial charge >= 0.3 is 0 Å². The molecule has 3 nitrogen and oxygen atoms in total. The van der Waals surface area contributed by atoms with Crippen molar-refractivity contribution in [2.75, 3.05) is 13.1 Å². The minimum Gasteiger partial charge on any atom is -0.468 e. The van der Waals surface area contributed by atoms with Gasteiger partial charge in [0.05, 0.1) is 12.8 Å². The fourth-order valence-electron chi connectivity index (χ4n) is 2.48. The Morgan fingerprint density at radius 1 is 1.44 bits per heavy atom. The molecule has 1 aliphatic heterocycles. The maximum absolute atomic E-state index is 5.63. The summed E-state index contributed by atoms with van der Waals surface area (Å²) in [6, 6.07) is 2.05. The molecule has 1 aromatic heterocycles. The number of hydrogen-bond acceptors (Lipinski definition) is 3. The molecule has 0 bridgehead atoms. The molecule has 90 valence electrons. The summed E-state index contributed by atoms with van der Waals surface area (Å²) in [4.78, 5) is 2.51. The van der Waals surface area contributed by atoms with E-state index in [9.17, 15) is 0 Å². The lowest BCUT2D eigenvalue weighted by molar-refractivity contribution is 0.174. The summed E-state index contributed by atoms with van der Waals surface area (Å²) in [5, 5.41) is 0. The number of furan rings is 1. The van der Waals surface area contributed by atoms with Gasteiger partial charge in [-0.05, 0) is 37.9 Å². The smallest absolute Gasteiger partial charge is 0.121 e. The first-order chi connectivity index (χ1) is 7.83. The molecular weight excluding hydrogens is 200 g/mol. The third kappa shape index (κ3) is 2.66. The molecule has 1 fully saturated rings. The van der Waals surface area contributed by atoms with E-state index in [1.165, 1.54) is 37.9 Å². The van der Waals surface area contributed by atoms with Crippen molar-refractivity contribution in [3.8, 4) is 0 Å². The second-order valence-electron chi connectivity index (χ2n) is 4.70. The zero-order valence-corrected chi connectivity index (χ0v) is 10.1. The van der Waals surface area contributed by atoms with Crippen LogP contribution in [-0.4, -0.2) is 18.0 Å². The van der Waals surface area contributed by atoms with Crippen molar-refractivity contribution in [2.24, 2.45) is 11.7 Å². The largest absolute Gasteiger partial charge is 0.468 e. The van der Waals surface area contributed by atoms with Crippen LogP contribution in [0.15, 0.2) is 16.7 Å². The normalized spacial score (nSPS) is 19.1. The van der Waals surface area contributed by atoms with Crippen LogP contribution >= 0.6 is 0 Å². The highest BCUT2D eigenvalue weighted by molar-refractivity contribution is 5.16. The molecule has 0 saturated carbocycles. The van der Waals surface area contributed by atoms with Crippen LogP contribution in [0.3, 0.4) is 0 Å². The first kappa shape index (κ1) is 11.7. The van der Waals surface area contributed by atoms with E-state index in [2.05, 4.69) is 11.8 Å². The second kappa shape index (κ2) is 5.51. The zero-order chi connectivity index (χ0) is 11.4.